The molecule has 2 aromatic rings. The van der Waals surface area contributed by atoms with E-state index in [0.717, 1.165) is 5.76 Å². The van der Waals surface area contributed by atoms with Gasteiger partial charge in [-0.2, -0.15) is 0 Å². The lowest BCUT2D eigenvalue weighted by Gasteiger charge is -2.16. The van der Waals surface area contributed by atoms with E-state index in [-0.39, 0.29) is 6.10 Å². The Hall–Kier alpha value is -1.16. The third kappa shape index (κ3) is 4.16. The highest BCUT2D eigenvalue weighted by molar-refractivity contribution is 6.42. The Balaban J connectivity index is 1.80. The van der Waals surface area contributed by atoms with Crippen LogP contribution in [-0.4, -0.2) is 12.6 Å². The molecule has 0 amide bonds. The van der Waals surface area contributed by atoms with E-state index in [9.17, 15) is 0 Å². The number of benzene rings is 1. The van der Waals surface area contributed by atoms with Gasteiger partial charge in [-0.15, -0.1) is 0 Å². The zero-order valence-electron chi connectivity index (χ0n) is 10.5. The standard InChI is InChI=1S/C14H15Cl2NO2/c1-10(8-17-9-11-4-3-7-18-11)19-13-6-2-5-12(15)14(13)16/h2-7,10,17H,8-9H2,1H3. The molecule has 0 fully saturated rings. The van der Waals surface area contributed by atoms with Crippen LogP contribution in [0, 0.1) is 0 Å². The molecule has 1 aromatic heterocycles. The first-order valence-corrected chi connectivity index (χ1v) is 6.76. The Morgan fingerprint density at radius 1 is 1.26 bits per heavy atom. The van der Waals surface area contributed by atoms with Gasteiger partial charge in [-0.3, -0.25) is 0 Å². The number of hydrogen-bond donors (Lipinski definition) is 1. The van der Waals surface area contributed by atoms with E-state index in [1.807, 2.05) is 25.1 Å². The minimum atomic E-state index is -0.0223. The first-order chi connectivity index (χ1) is 9.16. The molecule has 0 radical (unpaired) electrons. The molecule has 0 saturated carbocycles. The summed E-state index contributed by atoms with van der Waals surface area (Å²) >= 11 is 12.0. The minimum absolute atomic E-state index is 0.0223. The summed E-state index contributed by atoms with van der Waals surface area (Å²) in [6.45, 7) is 3.32. The molecule has 0 bridgehead atoms. The highest BCUT2D eigenvalue weighted by Crippen LogP contribution is 2.31. The largest absolute Gasteiger partial charge is 0.488 e. The first kappa shape index (κ1) is 14.3. The number of ether oxygens (including phenoxy) is 1. The van der Waals surface area contributed by atoms with Crippen LogP contribution >= 0.6 is 23.2 Å². The highest BCUT2D eigenvalue weighted by atomic mass is 35.5. The van der Waals surface area contributed by atoms with Crippen molar-refractivity contribution >= 4 is 23.2 Å². The molecular weight excluding hydrogens is 285 g/mol. The quantitative estimate of drug-likeness (QED) is 0.870. The Kier molecular flexibility index (Phi) is 5.14. The van der Waals surface area contributed by atoms with Gasteiger partial charge in [-0.05, 0) is 31.2 Å². The molecule has 5 heteroatoms. The number of halogens is 2. The van der Waals surface area contributed by atoms with Crippen molar-refractivity contribution < 1.29 is 9.15 Å². The number of hydrogen-bond acceptors (Lipinski definition) is 3. The molecule has 102 valence electrons. The van der Waals surface area contributed by atoms with Crippen LogP contribution in [0.1, 0.15) is 12.7 Å². The molecule has 1 atom stereocenters. The normalized spacial score (nSPS) is 12.4. The van der Waals surface area contributed by atoms with Crippen molar-refractivity contribution in [2.45, 2.75) is 19.6 Å². The van der Waals surface area contributed by atoms with Crippen LogP contribution < -0.4 is 10.1 Å². The second-order valence-corrected chi connectivity index (χ2v) is 4.98. The lowest BCUT2D eigenvalue weighted by atomic mass is 10.3. The van der Waals surface area contributed by atoms with Crippen LogP contribution in [0.2, 0.25) is 10.0 Å². The van der Waals surface area contributed by atoms with Crippen molar-refractivity contribution in [2.24, 2.45) is 0 Å². The SMILES string of the molecule is CC(CNCc1ccco1)Oc1cccc(Cl)c1Cl. The van der Waals surface area contributed by atoms with Crippen LogP contribution in [0.25, 0.3) is 0 Å². The molecule has 1 N–H and O–H groups in total. The highest BCUT2D eigenvalue weighted by Gasteiger charge is 2.09. The fourth-order valence-corrected chi connectivity index (χ4v) is 1.98. The van der Waals surface area contributed by atoms with Gasteiger partial charge in [0.25, 0.3) is 0 Å². The zero-order valence-corrected chi connectivity index (χ0v) is 12.0. The lowest BCUT2D eigenvalue weighted by molar-refractivity contribution is 0.215. The van der Waals surface area contributed by atoms with Gasteiger partial charge < -0.3 is 14.5 Å². The van der Waals surface area contributed by atoms with Crippen molar-refractivity contribution in [3.63, 3.8) is 0 Å². The zero-order chi connectivity index (χ0) is 13.7. The molecule has 0 aliphatic rings. The van der Waals surface area contributed by atoms with Crippen molar-refractivity contribution in [3.8, 4) is 5.75 Å². The average Bonchev–Trinajstić information content (AvgIpc) is 2.88. The second kappa shape index (κ2) is 6.85. The number of nitrogens with one attached hydrogen (secondary N) is 1. The van der Waals surface area contributed by atoms with E-state index in [1.54, 1.807) is 18.4 Å². The summed E-state index contributed by atoms with van der Waals surface area (Å²) in [5.41, 5.74) is 0. The topological polar surface area (TPSA) is 34.4 Å². The molecular formula is C14H15Cl2NO2. The molecule has 0 saturated heterocycles. The van der Waals surface area contributed by atoms with E-state index in [2.05, 4.69) is 5.32 Å². The Labute approximate surface area is 122 Å². The third-order valence-corrected chi connectivity index (χ3v) is 3.36. The van der Waals surface area contributed by atoms with E-state index >= 15 is 0 Å². The number of rotatable bonds is 6. The minimum Gasteiger partial charge on any atom is -0.488 e. The monoisotopic (exact) mass is 299 g/mol. The fraction of sp³-hybridized carbons (Fsp3) is 0.286. The van der Waals surface area contributed by atoms with Gasteiger partial charge in [-0.1, -0.05) is 29.3 Å². The molecule has 1 aromatic carbocycles. The van der Waals surface area contributed by atoms with Crippen molar-refractivity contribution in [1.29, 1.82) is 0 Å². The Bertz CT molecular complexity index is 514. The summed E-state index contributed by atoms with van der Waals surface area (Å²) in [5.74, 6) is 1.49. The molecule has 0 spiro atoms. The summed E-state index contributed by atoms with van der Waals surface area (Å²) in [4.78, 5) is 0. The van der Waals surface area contributed by atoms with Gasteiger partial charge in [-0.25, -0.2) is 0 Å². The molecule has 1 heterocycles. The van der Waals surface area contributed by atoms with Gasteiger partial charge >= 0.3 is 0 Å². The maximum atomic E-state index is 6.06. The lowest BCUT2D eigenvalue weighted by Crippen LogP contribution is -2.28. The maximum Gasteiger partial charge on any atom is 0.139 e. The predicted molar refractivity (Wildman–Crippen MR) is 77.0 cm³/mol. The van der Waals surface area contributed by atoms with E-state index in [0.29, 0.717) is 28.9 Å². The molecule has 0 aliphatic carbocycles. The average molecular weight is 300 g/mol. The van der Waals surface area contributed by atoms with Crippen LogP contribution in [-0.2, 0) is 6.54 Å². The maximum absolute atomic E-state index is 6.06. The summed E-state index contributed by atoms with van der Waals surface area (Å²) in [5, 5.41) is 4.19. The summed E-state index contributed by atoms with van der Waals surface area (Å²) < 4.78 is 11.0. The summed E-state index contributed by atoms with van der Waals surface area (Å²) in [6, 6.07) is 9.13. The van der Waals surface area contributed by atoms with Crippen molar-refractivity contribution in [2.75, 3.05) is 6.54 Å². The first-order valence-electron chi connectivity index (χ1n) is 6.00. The summed E-state index contributed by atoms with van der Waals surface area (Å²) in [7, 11) is 0. The van der Waals surface area contributed by atoms with Gasteiger partial charge in [0.05, 0.1) is 17.8 Å². The van der Waals surface area contributed by atoms with E-state index < -0.39 is 0 Å². The van der Waals surface area contributed by atoms with E-state index in [4.69, 9.17) is 32.4 Å². The molecule has 19 heavy (non-hydrogen) atoms. The number of furan rings is 1. The molecule has 3 nitrogen and oxygen atoms in total. The predicted octanol–water partition coefficient (Wildman–Crippen LogP) is 4.14. The van der Waals surface area contributed by atoms with E-state index in [1.165, 1.54) is 0 Å². The van der Waals surface area contributed by atoms with Gasteiger partial charge in [0.2, 0.25) is 0 Å². The van der Waals surface area contributed by atoms with Crippen molar-refractivity contribution in [1.82, 2.24) is 5.32 Å². The second-order valence-electron chi connectivity index (χ2n) is 4.19. The third-order valence-electron chi connectivity index (χ3n) is 2.56. The van der Waals surface area contributed by atoms with Crippen LogP contribution in [0.5, 0.6) is 5.75 Å². The van der Waals surface area contributed by atoms with Crippen LogP contribution in [0.3, 0.4) is 0 Å². The van der Waals surface area contributed by atoms with Crippen LogP contribution in [0.15, 0.2) is 41.0 Å². The molecule has 2 rings (SSSR count). The van der Waals surface area contributed by atoms with Crippen LogP contribution in [0.4, 0.5) is 0 Å². The molecule has 0 aliphatic heterocycles. The Morgan fingerprint density at radius 2 is 2.11 bits per heavy atom. The molecule has 1 unspecified atom stereocenters. The van der Waals surface area contributed by atoms with Crippen molar-refractivity contribution in [3.05, 3.63) is 52.4 Å². The van der Waals surface area contributed by atoms with Gasteiger partial charge in [0, 0.05) is 6.54 Å². The smallest absolute Gasteiger partial charge is 0.139 e. The summed E-state index contributed by atoms with van der Waals surface area (Å²) in [6.07, 6.45) is 1.63. The van der Waals surface area contributed by atoms with Gasteiger partial charge in [0.15, 0.2) is 0 Å². The fourth-order valence-electron chi connectivity index (χ4n) is 1.65. The Morgan fingerprint density at radius 3 is 2.84 bits per heavy atom. The van der Waals surface area contributed by atoms with Gasteiger partial charge in [0.1, 0.15) is 22.6 Å².